The third kappa shape index (κ3) is 2.16. The van der Waals surface area contributed by atoms with Gasteiger partial charge in [-0.25, -0.2) is 9.18 Å². The number of aromatic carboxylic acids is 1. The molecule has 1 atom stereocenters. The number of benzene rings is 1. The molecule has 1 aromatic heterocycles. The largest absolute Gasteiger partial charge is 0.492 e. The Kier molecular flexibility index (Phi) is 3.42. The van der Waals surface area contributed by atoms with Gasteiger partial charge in [0.05, 0.1) is 12.5 Å². The Bertz CT molecular complexity index is 999. The summed E-state index contributed by atoms with van der Waals surface area (Å²) < 4.78 is 21.4. The van der Waals surface area contributed by atoms with Gasteiger partial charge in [0, 0.05) is 30.7 Å². The lowest BCUT2D eigenvalue weighted by molar-refractivity contribution is 0.0695. The van der Waals surface area contributed by atoms with Crippen molar-refractivity contribution in [2.75, 3.05) is 30.9 Å². The van der Waals surface area contributed by atoms with Gasteiger partial charge < -0.3 is 26.3 Å². The number of methoxy groups -OCH3 is 1. The lowest BCUT2D eigenvalue weighted by Crippen LogP contribution is -2.30. The van der Waals surface area contributed by atoms with Crippen LogP contribution in [0.1, 0.15) is 23.2 Å². The van der Waals surface area contributed by atoms with Crippen molar-refractivity contribution in [2.45, 2.75) is 18.9 Å². The smallest absolute Gasteiger partial charge is 0.341 e. The Morgan fingerprint density at radius 3 is 2.69 bits per heavy atom. The summed E-state index contributed by atoms with van der Waals surface area (Å²) in [5.74, 6) is 3.92. The van der Waals surface area contributed by atoms with Crippen LogP contribution in [0.3, 0.4) is 0 Å². The molecule has 0 amide bonds. The SMILES string of the molecule is COc1c(N2CC(N)C3(CC3)C2)c(F)cc2c(=O)c(C(=O)O)cn(N)c12. The van der Waals surface area contributed by atoms with Crippen LogP contribution in [-0.2, 0) is 0 Å². The van der Waals surface area contributed by atoms with Crippen LogP contribution in [0.15, 0.2) is 17.1 Å². The van der Waals surface area contributed by atoms with Crippen molar-refractivity contribution in [1.29, 1.82) is 0 Å². The molecule has 9 heteroatoms. The second-order valence-electron chi connectivity index (χ2n) is 7.07. The van der Waals surface area contributed by atoms with Gasteiger partial charge in [-0.05, 0) is 18.9 Å². The number of ether oxygens (including phenoxy) is 1. The van der Waals surface area contributed by atoms with E-state index in [0.29, 0.717) is 13.1 Å². The van der Waals surface area contributed by atoms with Gasteiger partial charge in [0.25, 0.3) is 0 Å². The van der Waals surface area contributed by atoms with E-state index >= 15 is 0 Å². The molecule has 5 N–H and O–H groups in total. The number of hydrogen-bond donors (Lipinski definition) is 3. The molecule has 26 heavy (non-hydrogen) atoms. The van der Waals surface area contributed by atoms with E-state index in [-0.39, 0.29) is 33.8 Å². The van der Waals surface area contributed by atoms with Crippen LogP contribution in [0.25, 0.3) is 10.9 Å². The van der Waals surface area contributed by atoms with Gasteiger partial charge in [0.2, 0.25) is 5.43 Å². The molecule has 8 nitrogen and oxygen atoms in total. The van der Waals surface area contributed by atoms with Gasteiger partial charge in [-0.15, -0.1) is 0 Å². The highest BCUT2D eigenvalue weighted by atomic mass is 19.1. The summed E-state index contributed by atoms with van der Waals surface area (Å²) >= 11 is 0. The van der Waals surface area contributed by atoms with Crippen LogP contribution < -0.4 is 26.6 Å². The number of nitrogens with two attached hydrogens (primary N) is 2. The number of pyridine rings is 1. The number of hydrogen-bond acceptors (Lipinski definition) is 6. The highest BCUT2D eigenvalue weighted by molar-refractivity contribution is 5.97. The highest BCUT2D eigenvalue weighted by Gasteiger charge is 2.54. The monoisotopic (exact) mass is 362 g/mol. The van der Waals surface area contributed by atoms with E-state index in [1.165, 1.54) is 7.11 Å². The molecule has 1 saturated heterocycles. The number of nitrogens with zero attached hydrogens (tertiary/aromatic N) is 2. The maximum atomic E-state index is 15.0. The number of halogens is 1. The molecule has 2 fully saturated rings. The average molecular weight is 362 g/mol. The number of fused-ring (bicyclic) bond motifs is 1. The van der Waals surface area contributed by atoms with Crippen LogP contribution in [0.5, 0.6) is 5.75 Å². The predicted octanol–water partition coefficient (Wildman–Crippen LogP) is 0.489. The molecule has 1 saturated carbocycles. The number of carbonyl (C=O) groups is 1. The summed E-state index contributed by atoms with van der Waals surface area (Å²) in [6, 6.07) is 0.964. The summed E-state index contributed by atoms with van der Waals surface area (Å²) in [5.41, 5.74) is 5.22. The van der Waals surface area contributed by atoms with Gasteiger partial charge in [-0.1, -0.05) is 0 Å². The normalized spacial score (nSPS) is 20.7. The molecular formula is C17H19FN4O4. The van der Waals surface area contributed by atoms with Crippen LogP contribution in [-0.4, -0.2) is 42.0 Å². The van der Waals surface area contributed by atoms with Crippen molar-refractivity contribution >= 4 is 22.6 Å². The van der Waals surface area contributed by atoms with Crippen LogP contribution in [0, 0.1) is 11.2 Å². The minimum absolute atomic E-state index is 0.0158. The van der Waals surface area contributed by atoms with Crippen molar-refractivity contribution in [2.24, 2.45) is 11.1 Å². The summed E-state index contributed by atoms with van der Waals surface area (Å²) in [5, 5.41) is 9.01. The molecule has 0 radical (unpaired) electrons. The molecule has 1 unspecified atom stereocenters. The number of aromatic nitrogens is 1. The Morgan fingerprint density at radius 2 is 2.15 bits per heavy atom. The molecule has 2 aromatic rings. The zero-order chi connectivity index (χ0) is 18.8. The van der Waals surface area contributed by atoms with Gasteiger partial charge >= 0.3 is 5.97 Å². The molecule has 4 rings (SSSR count). The molecule has 2 heterocycles. The maximum Gasteiger partial charge on any atom is 0.341 e. The minimum Gasteiger partial charge on any atom is -0.492 e. The average Bonchev–Trinajstić information content (AvgIpc) is 3.29. The zero-order valence-corrected chi connectivity index (χ0v) is 14.2. The number of anilines is 1. The molecule has 138 valence electrons. The lowest BCUT2D eigenvalue weighted by Gasteiger charge is -2.23. The van der Waals surface area contributed by atoms with Gasteiger partial charge in [0.15, 0.2) is 11.6 Å². The summed E-state index contributed by atoms with van der Waals surface area (Å²) in [7, 11) is 1.36. The second kappa shape index (κ2) is 5.34. The first-order chi connectivity index (χ1) is 12.3. The molecule has 1 aliphatic carbocycles. The first kappa shape index (κ1) is 16.6. The lowest BCUT2D eigenvalue weighted by atomic mass is 10.0. The predicted molar refractivity (Wildman–Crippen MR) is 93.7 cm³/mol. The van der Waals surface area contributed by atoms with E-state index in [0.717, 1.165) is 29.8 Å². The molecular weight excluding hydrogens is 343 g/mol. The Labute approximate surface area is 147 Å². The van der Waals surface area contributed by atoms with E-state index < -0.39 is 22.8 Å². The summed E-state index contributed by atoms with van der Waals surface area (Å²) in [6.45, 7) is 1.08. The Morgan fingerprint density at radius 1 is 1.46 bits per heavy atom. The number of carboxylic acid groups (broad SMARTS) is 1. The van der Waals surface area contributed by atoms with Crippen LogP contribution >= 0.6 is 0 Å². The van der Waals surface area contributed by atoms with E-state index in [9.17, 15) is 14.0 Å². The van der Waals surface area contributed by atoms with Crippen molar-refractivity contribution in [3.8, 4) is 5.75 Å². The second-order valence-corrected chi connectivity index (χ2v) is 7.07. The molecule has 1 aromatic carbocycles. The van der Waals surface area contributed by atoms with Crippen molar-refractivity contribution in [1.82, 2.24) is 4.68 Å². The third-order valence-corrected chi connectivity index (χ3v) is 5.55. The minimum atomic E-state index is -1.43. The van der Waals surface area contributed by atoms with Crippen LogP contribution in [0.2, 0.25) is 0 Å². The topological polar surface area (TPSA) is 124 Å². The maximum absolute atomic E-state index is 15.0. The van der Waals surface area contributed by atoms with Crippen LogP contribution in [0.4, 0.5) is 10.1 Å². The molecule has 2 aliphatic rings. The van der Waals surface area contributed by atoms with Crippen molar-refractivity contribution < 1.29 is 19.0 Å². The Balaban J connectivity index is 1.97. The van der Waals surface area contributed by atoms with E-state index in [1.54, 1.807) is 0 Å². The van der Waals surface area contributed by atoms with Gasteiger partial charge in [-0.2, -0.15) is 0 Å². The highest BCUT2D eigenvalue weighted by Crippen LogP contribution is 2.54. The number of rotatable bonds is 3. The fourth-order valence-electron chi connectivity index (χ4n) is 3.94. The van der Waals surface area contributed by atoms with Gasteiger partial charge in [-0.3, -0.25) is 9.47 Å². The first-order valence-corrected chi connectivity index (χ1v) is 8.24. The van der Waals surface area contributed by atoms with Crippen molar-refractivity contribution in [3.05, 3.63) is 33.9 Å². The number of carboxylic acids is 1. The third-order valence-electron chi connectivity index (χ3n) is 5.55. The quantitative estimate of drug-likeness (QED) is 0.679. The first-order valence-electron chi connectivity index (χ1n) is 8.24. The summed E-state index contributed by atoms with van der Waals surface area (Å²) in [6.07, 6.45) is 3.02. The molecule has 1 aliphatic heterocycles. The Hall–Kier alpha value is -2.81. The van der Waals surface area contributed by atoms with Gasteiger partial charge in [0.1, 0.15) is 16.8 Å². The van der Waals surface area contributed by atoms with E-state index in [1.807, 2.05) is 4.90 Å². The zero-order valence-electron chi connectivity index (χ0n) is 14.2. The molecule has 0 bridgehead atoms. The summed E-state index contributed by atoms with van der Waals surface area (Å²) in [4.78, 5) is 25.5. The fraction of sp³-hybridized carbons (Fsp3) is 0.412. The standard InChI is InChI=1S/C17H19FN4O4/c1-26-15-12-8(14(23)9(16(24)25)5-22(12)20)4-10(18)13(15)21-6-11(19)17(7-21)2-3-17/h4-5,11H,2-3,6-7,19-20H2,1H3,(H,24,25). The van der Waals surface area contributed by atoms with Crippen molar-refractivity contribution in [3.63, 3.8) is 0 Å². The number of nitrogen functional groups attached to an aromatic ring is 1. The fourth-order valence-corrected chi connectivity index (χ4v) is 3.94. The molecule has 1 spiro atoms. The van der Waals surface area contributed by atoms with E-state index in [4.69, 9.17) is 21.4 Å². The van der Waals surface area contributed by atoms with E-state index in [2.05, 4.69) is 0 Å².